The zero-order valence-corrected chi connectivity index (χ0v) is 13.1. The molecule has 3 heteroatoms. The molecule has 1 heterocycles. The van der Waals surface area contributed by atoms with Crippen molar-refractivity contribution in [3.63, 3.8) is 0 Å². The molecule has 0 aromatic heterocycles. The average Bonchev–Trinajstić information content (AvgIpc) is 3.30. The van der Waals surface area contributed by atoms with Crippen molar-refractivity contribution in [2.24, 2.45) is 28.4 Å². The third-order valence-corrected chi connectivity index (χ3v) is 7.13. The highest BCUT2D eigenvalue weighted by molar-refractivity contribution is 5.21. The van der Waals surface area contributed by atoms with Crippen molar-refractivity contribution in [3.8, 4) is 0 Å². The number of nitrogens with two attached hydrogens (primary N) is 1. The fourth-order valence-corrected chi connectivity index (χ4v) is 5.13. The maximum absolute atomic E-state index is 6.83. The zero-order chi connectivity index (χ0) is 14.0. The standard InChI is InChI=1S/C17H30N2O/c1-15(2)14-13(4-3-9-20-14)17(15,18)11-19-10-16(7-8-16)12-5-6-12/h12-14,19H,3-11,18H2,1-2H3. The second-order valence-electron chi connectivity index (χ2n) is 8.54. The van der Waals surface area contributed by atoms with Crippen LogP contribution in [0.5, 0.6) is 0 Å². The Morgan fingerprint density at radius 2 is 1.90 bits per heavy atom. The Morgan fingerprint density at radius 3 is 2.55 bits per heavy atom. The fraction of sp³-hybridized carbons (Fsp3) is 1.00. The number of fused-ring (bicyclic) bond motifs is 1. The zero-order valence-electron chi connectivity index (χ0n) is 13.1. The molecule has 4 fully saturated rings. The van der Waals surface area contributed by atoms with E-state index >= 15 is 0 Å². The van der Waals surface area contributed by atoms with Crippen LogP contribution in [0.25, 0.3) is 0 Å². The van der Waals surface area contributed by atoms with E-state index in [1.54, 1.807) is 0 Å². The van der Waals surface area contributed by atoms with E-state index in [0.717, 1.165) is 19.1 Å². The van der Waals surface area contributed by atoms with Crippen molar-refractivity contribution in [2.75, 3.05) is 19.7 Å². The number of hydrogen-bond donors (Lipinski definition) is 2. The third kappa shape index (κ3) is 1.75. The molecule has 1 saturated heterocycles. The van der Waals surface area contributed by atoms with E-state index in [2.05, 4.69) is 19.2 Å². The first kappa shape index (κ1) is 13.5. The molecule has 0 aromatic carbocycles. The summed E-state index contributed by atoms with van der Waals surface area (Å²) in [5, 5.41) is 3.76. The molecule has 3 unspecified atom stereocenters. The van der Waals surface area contributed by atoms with Gasteiger partial charge in [-0.15, -0.1) is 0 Å². The van der Waals surface area contributed by atoms with Gasteiger partial charge in [0.15, 0.2) is 0 Å². The highest BCUT2D eigenvalue weighted by Gasteiger charge is 2.66. The molecule has 4 rings (SSSR count). The van der Waals surface area contributed by atoms with Crippen molar-refractivity contribution in [3.05, 3.63) is 0 Å². The molecule has 3 nitrogen and oxygen atoms in total. The fourth-order valence-electron chi connectivity index (χ4n) is 5.13. The Bertz CT molecular complexity index is 400. The normalized spacial score (nSPS) is 44.5. The molecule has 4 aliphatic rings. The summed E-state index contributed by atoms with van der Waals surface area (Å²) in [5.74, 6) is 1.60. The first-order valence-electron chi connectivity index (χ1n) is 8.61. The lowest BCUT2D eigenvalue weighted by atomic mass is 9.46. The van der Waals surface area contributed by atoms with Crippen LogP contribution in [0.15, 0.2) is 0 Å². The predicted octanol–water partition coefficient (Wildman–Crippen LogP) is 2.30. The summed E-state index contributed by atoms with van der Waals surface area (Å²) in [6.07, 6.45) is 8.66. The lowest BCUT2D eigenvalue weighted by molar-refractivity contribution is -0.225. The van der Waals surface area contributed by atoms with E-state index in [0.29, 0.717) is 17.4 Å². The Kier molecular flexibility index (Phi) is 2.85. The molecule has 1 aliphatic heterocycles. The van der Waals surface area contributed by atoms with Crippen molar-refractivity contribution in [1.82, 2.24) is 5.32 Å². The molecule has 0 bridgehead atoms. The summed E-state index contributed by atoms with van der Waals surface area (Å²) in [7, 11) is 0. The van der Waals surface area contributed by atoms with Crippen molar-refractivity contribution in [2.45, 2.75) is 64.0 Å². The van der Waals surface area contributed by atoms with Gasteiger partial charge in [0.2, 0.25) is 0 Å². The molecular formula is C17H30N2O. The van der Waals surface area contributed by atoms with Gasteiger partial charge in [0.25, 0.3) is 0 Å². The molecule has 3 atom stereocenters. The van der Waals surface area contributed by atoms with E-state index in [1.165, 1.54) is 45.1 Å². The summed E-state index contributed by atoms with van der Waals surface area (Å²) in [6.45, 7) is 7.70. The minimum atomic E-state index is -0.0717. The Labute approximate surface area is 123 Å². The molecule has 20 heavy (non-hydrogen) atoms. The Hall–Kier alpha value is -0.120. The minimum Gasteiger partial charge on any atom is -0.377 e. The maximum atomic E-state index is 6.83. The highest BCUT2D eigenvalue weighted by atomic mass is 16.5. The van der Waals surface area contributed by atoms with Gasteiger partial charge in [-0.2, -0.15) is 0 Å². The van der Waals surface area contributed by atoms with Gasteiger partial charge in [-0.3, -0.25) is 0 Å². The topological polar surface area (TPSA) is 47.3 Å². The van der Waals surface area contributed by atoms with Gasteiger partial charge in [0.1, 0.15) is 0 Å². The molecule has 3 N–H and O–H groups in total. The predicted molar refractivity (Wildman–Crippen MR) is 80.4 cm³/mol. The van der Waals surface area contributed by atoms with E-state index in [1.807, 2.05) is 0 Å². The average molecular weight is 278 g/mol. The van der Waals surface area contributed by atoms with Crippen LogP contribution in [0.3, 0.4) is 0 Å². The number of ether oxygens (including phenoxy) is 1. The van der Waals surface area contributed by atoms with Crippen LogP contribution in [0.2, 0.25) is 0 Å². The second kappa shape index (κ2) is 4.21. The monoisotopic (exact) mass is 278 g/mol. The van der Waals surface area contributed by atoms with Crippen molar-refractivity contribution < 1.29 is 4.74 Å². The van der Waals surface area contributed by atoms with Gasteiger partial charge in [0, 0.05) is 36.6 Å². The quantitative estimate of drug-likeness (QED) is 0.811. The van der Waals surface area contributed by atoms with Crippen LogP contribution in [0.1, 0.15) is 52.4 Å². The molecule has 0 aromatic rings. The van der Waals surface area contributed by atoms with Crippen LogP contribution < -0.4 is 11.1 Å². The molecular weight excluding hydrogens is 248 g/mol. The molecule has 0 radical (unpaired) electrons. The number of rotatable bonds is 5. The summed E-state index contributed by atoms with van der Waals surface area (Å²) < 4.78 is 5.99. The van der Waals surface area contributed by atoms with Gasteiger partial charge >= 0.3 is 0 Å². The van der Waals surface area contributed by atoms with E-state index in [-0.39, 0.29) is 11.0 Å². The summed E-state index contributed by atoms with van der Waals surface area (Å²) in [5.41, 5.74) is 7.55. The minimum absolute atomic E-state index is 0.0717. The first-order valence-corrected chi connectivity index (χ1v) is 8.61. The van der Waals surface area contributed by atoms with Crippen LogP contribution in [-0.4, -0.2) is 31.3 Å². The lowest BCUT2D eigenvalue weighted by Gasteiger charge is -2.66. The van der Waals surface area contributed by atoms with Gasteiger partial charge in [-0.05, 0) is 49.9 Å². The number of nitrogens with one attached hydrogen (secondary N) is 1. The highest BCUT2D eigenvalue weighted by Crippen LogP contribution is 2.61. The van der Waals surface area contributed by atoms with Gasteiger partial charge < -0.3 is 15.8 Å². The molecule has 114 valence electrons. The van der Waals surface area contributed by atoms with E-state index < -0.39 is 0 Å². The largest absolute Gasteiger partial charge is 0.377 e. The van der Waals surface area contributed by atoms with Crippen LogP contribution in [0, 0.1) is 22.7 Å². The maximum Gasteiger partial charge on any atom is 0.0690 e. The molecule has 0 amide bonds. The van der Waals surface area contributed by atoms with Gasteiger partial charge in [-0.1, -0.05) is 13.8 Å². The van der Waals surface area contributed by atoms with E-state index in [9.17, 15) is 0 Å². The van der Waals surface area contributed by atoms with Gasteiger partial charge in [-0.25, -0.2) is 0 Å². The SMILES string of the molecule is CC1(C)C2OCCCC2C1(N)CNCC1(C2CC2)CC1. The summed E-state index contributed by atoms with van der Waals surface area (Å²) in [4.78, 5) is 0. The van der Waals surface area contributed by atoms with Crippen LogP contribution >= 0.6 is 0 Å². The molecule has 3 aliphatic carbocycles. The Balaban J connectivity index is 1.37. The number of hydrogen-bond acceptors (Lipinski definition) is 3. The Morgan fingerprint density at radius 1 is 1.15 bits per heavy atom. The second-order valence-corrected chi connectivity index (χ2v) is 8.54. The third-order valence-electron chi connectivity index (χ3n) is 7.13. The summed E-state index contributed by atoms with van der Waals surface area (Å²) in [6, 6.07) is 0. The van der Waals surface area contributed by atoms with Crippen molar-refractivity contribution in [1.29, 1.82) is 0 Å². The van der Waals surface area contributed by atoms with Crippen molar-refractivity contribution >= 4 is 0 Å². The lowest BCUT2D eigenvalue weighted by Crippen LogP contribution is -2.80. The van der Waals surface area contributed by atoms with E-state index in [4.69, 9.17) is 10.5 Å². The van der Waals surface area contributed by atoms with Crippen LogP contribution in [-0.2, 0) is 4.74 Å². The summed E-state index contributed by atoms with van der Waals surface area (Å²) >= 11 is 0. The smallest absolute Gasteiger partial charge is 0.0690 e. The molecule has 3 saturated carbocycles. The van der Waals surface area contributed by atoms with Crippen LogP contribution in [0.4, 0.5) is 0 Å². The van der Waals surface area contributed by atoms with Gasteiger partial charge in [0.05, 0.1) is 6.10 Å². The molecule has 0 spiro atoms. The first-order chi connectivity index (χ1) is 9.50.